The van der Waals surface area contributed by atoms with Crippen LogP contribution >= 0.6 is 0 Å². The molecule has 4 heteroatoms. The first-order valence-electron chi connectivity index (χ1n) is 5.18. The Morgan fingerprint density at radius 1 is 1.40 bits per heavy atom. The van der Waals surface area contributed by atoms with Gasteiger partial charge in [-0.15, -0.1) is 0 Å². The second kappa shape index (κ2) is 8.13. The summed E-state index contributed by atoms with van der Waals surface area (Å²) in [6, 6.07) is 1.77. The van der Waals surface area contributed by atoms with Crippen molar-refractivity contribution < 1.29 is 14.7 Å². The normalized spacial score (nSPS) is 11.8. The van der Waals surface area contributed by atoms with Gasteiger partial charge < -0.3 is 5.11 Å². The Balaban J connectivity index is 3.74. The van der Waals surface area contributed by atoms with E-state index in [1.54, 1.807) is 6.07 Å². The second-order valence-corrected chi connectivity index (χ2v) is 3.58. The molecule has 0 radical (unpaired) electrons. The van der Waals surface area contributed by atoms with Crippen molar-refractivity contribution in [3.63, 3.8) is 0 Å². The van der Waals surface area contributed by atoms with E-state index in [1.165, 1.54) is 0 Å². The van der Waals surface area contributed by atoms with Crippen LogP contribution in [-0.4, -0.2) is 22.8 Å². The van der Waals surface area contributed by atoms with Crippen molar-refractivity contribution in [1.29, 1.82) is 5.26 Å². The van der Waals surface area contributed by atoms with Crippen LogP contribution in [0.3, 0.4) is 0 Å². The Labute approximate surface area is 89.9 Å². The third-order valence-corrected chi connectivity index (χ3v) is 1.99. The van der Waals surface area contributed by atoms with E-state index >= 15 is 0 Å². The minimum atomic E-state index is -0.929. The molecule has 0 aliphatic rings. The lowest BCUT2D eigenvalue weighted by Crippen LogP contribution is -2.15. The van der Waals surface area contributed by atoms with Crippen LogP contribution in [0.4, 0.5) is 0 Å². The third-order valence-electron chi connectivity index (χ3n) is 1.99. The monoisotopic (exact) mass is 211 g/mol. The van der Waals surface area contributed by atoms with Crippen molar-refractivity contribution in [2.75, 3.05) is 0 Å². The molecule has 0 saturated heterocycles. The summed E-state index contributed by atoms with van der Waals surface area (Å²) in [6.07, 6.45) is 0.963. The van der Waals surface area contributed by atoms with E-state index in [2.05, 4.69) is 0 Å². The number of aliphatic hydroxyl groups is 1. The van der Waals surface area contributed by atoms with E-state index in [0.29, 0.717) is 6.42 Å². The van der Waals surface area contributed by atoms with Crippen LogP contribution in [0.15, 0.2) is 0 Å². The van der Waals surface area contributed by atoms with Gasteiger partial charge in [0.15, 0.2) is 0 Å². The molecule has 0 saturated carbocycles. The molecule has 0 aromatic heterocycles. The standard InChI is InChI=1S/C11H17NO3/c1-2-3-4-9(13)7-11(15)8-10(14)5-6-12/h10,14H,2-5,7-8H2,1H3. The van der Waals surface area contributed by atoms with Gasteiger partial charge in [-0.2, -0.15) is 5.26 Å². The molecule has 0 aliphatic carbocycles. The van der Waals surface area contributed by atoms with Crippen LogP contribution in [0, 0.1) is 11.3 Å². The molecule has 0 aliphatic heterocycles. The van der Waals surface area contributed by atoms with Crippen molar-refractivity contribution in [3.05, 3.63) is 0 Å². The Morgan fingerprint density at radius 2 is 2.07 bits per heavy atom. The van der Waals surface area contributed by atoms with E-state index in [9.17, 15) is 9.59 Å². The quantitative estimate of drug-likeness (QED) is 0.615. The van der Waals surface area contributed by atoms with Gasteiger partial charge in [0.05, 0.1) is 25.0 Å². The molecule has 0 aromatic carbocycles. The van der Waals surface area contributed by atoms with Crippen molar-refractivity contribution in [1.82, 2.24) is 0 Å². The van der Waals surface area contributed by atoms with Crippen LogP contribution in [0.1, 0.15) is 45.4 Å². The fraction of sp³-hybridized carbons (Fsp3) is 0.727. The Bertz CT molecular complexity index is 255. The molecule has 0 fully saturated rings. The minimum absolute atomic E-state index is 0.0606. The molecule has 0 bridgehead atoms. The fourth-order valence-electron chi connectivity index (χ4n) is 1.19. The lowest BCUT2D eigenvalue weighted by atomic mass is 10.0. The van der Waals surface area contributed by atoms with E-state index in [-0.39, 0.29) is 30.8 Å². The number of hydrogen-bond donors (Lipinski definition) is 1. The average molecular weight is 211 g/mol. The highest BCUT2D eigenvalue weighted by atomic mass is 16.3. The lowest BCUT2D eigenvalue weighted by molar-refractivity contribution is -0.128. The largest absolute Gasteiger partial charge is 0.392 e. The zero-order valence-electron chi connectivity index (χ0n) is 9.03. The van der Waals surface area contributed by atoms with Crippen molar-refractivity contribution in [2.45, 2.75) is 51.6 Å². The van der Waals surface area contributed by atoms with Crippen molar-refractivity contribution >= 4 is 11.6 Å². The molecule has 1 N–H and O–H groups in total. The fourth-order valence-corrected chi connectivity index (χ4v) is 1.19. The summed E-state index contributed by atoms with van der Waals surface area (Å²) in [5.74, 6) is -0.357. The first-order chi connectivity index (χ1) is 7.10. The van der Waals surface area contributed by atoms with Crippen LogP contribution in [0.5, 0.6) is 0 Å². The predicted octanol–water partition coefficient (Wildman–Crippen LogP) is 1.37. The van der Waals surface area contributed by atoms with Gasteiger partial charge in [-0.1, -0.05) is 13.3 Å². The average Bonchev–Trinajstić information content (AvgIpc) is 2.14. The maximum Gasteiger partial charge on any atom is 0.142 e. The Kier molecular flexibility index (Phi) is 7.47. The summed E-state index contributed by atoms with van der Waals surface area (Å²) in [4.78, 5) is 22.4. The number of nitriles is 1. The van der Waals surface area contributed by atoms with Gasteiger partial charge in [0, 0.05) is 12.8 Å². The van der Waals surface area contributed by atoms with Crippen LogP contribution in [0.2, 0.25) is 0 Å². The molecule has 0 aromatic rings. The van der Waals surface area contributed by atoms with Crippen LogP contribution < -0.4 is 0 Å². The van der Waals surface area contributed by atoms with Crippen LogP contribution in [0.25, 0.3) is 0 Å². The summed E-state index contributed by atoms with van der Waals surface area (Å²) in [5.41, 5.74) is 0. The van der Waals surface area contributed by atoms with Gasteiger partial charge in [0.2, 0.25) is 0 Å². The smallest absolute Gasteiger partial charge is 0.142 e. The molecule has 15 heavy (non-hydrogen) atoms. The lowest BCUT2D eigenvalue weighted by Gasteiger charge is -2.04. The minimum Gasteiger partial charge on any atom is -0.392 e. The second-order valence-electron chi connectivity index (χ2n) is 3.58. The summed E-state index contributed by atoms with van der Waals surface area (Å²) < 4.78 is 0. The van der Waals surface area contributed by atoms with E-state index in [0.717, 1.165) is 12.8 Å². The maximum atomic E-state index is 11.2. The van der Waals surface area contributed by atoms with Gasteiger partial charge in [-0.25, -0.2) is 0 Å². The summed E-state index contributed by atoms with van der Waals surface area (Å²) in [7, 11) is 0. The molecule has 0 amide bonds. The molecular weight excluding hydrogens is 194 g/mol. The van der Waals surface area contributed by atoms with Gasteiger partial charge in [-0.05, 0) is 6.42 Å². The summed E-state index contributed by atoms with van der Waals surface area (Å²) in [6.45, 7) is 1.98. The van der Waals surface area contributed by atoms with E-state index in [4.69, 9.17) is 10.4 Å². The number of hydrogen-bond acceptors (Lipinski definition) is 4. The van der Waals surface area contributed by atoms with Gasteiger partial charge in [0.1, 0.15) is 11.6 Å². The Hall–Kier alpha value is -1.21. The number of unbranched alkanes of at least 4 members (excludes halogenated alkanes) is 1. The van der Waals surface area contributed by atoms with Gasteiger partial charge in [0.25, 0.3) is 0 Å². The topological polar surface area (TPSA) is 78.2 Å². The number of aliphatic hydroxyl groups excluding tert-OH is 1. The first-order valence-corrected chi connectivity index (χ1v) is 5.18. The number of carbonyl (C=O) groups excluding carboxylic acids is 2. The highest BCUT2D eigenvalue weighted by Crippen LogP contribution is 2.04. The molecule has 0 rings (SSSR count). The summed E-state index contributed by atoms with van der Waals surface area (Å²) >= 11 is 0. The number of nitrogens with zero attached hydrogens (tertiary/aromatic N) is 1. The Morgan fingerprint density at radius 3 is 2.60 bits per heavy atom. The maximum absolute atomic E-state index is 11.2. The molecule has 0 spiro atoms. The first kappa shape index (κ1) is 13.8. The van der Waals surface area contributed by atoms with Gasteiger partial charge >= 0.3 is 0 Å². The molecular formula is C11H17NO3. The van der Waals surface area contributed by atoms with Crippen molar-refractivity contribution in [3.8, 4) is 6.07 Å². The molecule has 84 valence electrons. The number of carbonyl (C=O) groups is 2. The predicted molar refractivity (Wildman–Crippen MR) is 55.0 cm³/mol. The third kappa shape index (κ3) is 7.83. The highest BCUT2D eigenvalue weighted by Gasteiger charge is 2.13. The van der Waals surface area contributed by atoms with Crippen LogP contribution in [-0.2, 0) is 9.59 Å². The number of Topliss-reactive ketones (excluding diaryl/α,β-unsaturated/α-hetero) is 2. The highest BCUT2D eigenvalue weighted by molar-refractivity contribution is 5.99. The molecule has 0 heterocycles. The van der Waals surface area contributed by atoms with E-state index < -0.39 is 6.10 Å². The van der Waals surface area contributed by atoms with Crippen molar-refractivity contribution in [2.24, 2.45) is 0 Å². The zero-order valence-corrected chi connectivity index (χ0v) is 9.03. The summed E-state index contributed by atoms with van der Waals surface area (Å²) in [5, 5.41) is 17.4. The zero-order chi connectivity index (χ0) is 11.7. The van der Waals surface area contributed by atoms with Gasteiger partial charge in [-0.3, -0.25) is 9.59 Å². The number of rotatable bonds is 8. The van der Waals surface area contributed by atoms with E-state index in [1.807, 2.05) is 6.92 Å². The molecule has 1 atom stereocenters. The molecule has 4 nitrogen and oxygen atoms in total. The SMILES string of the molecule is CCCCC(=O)CC(=O)CC(O)CC#N. The number of ketones is 2. The molecule has 1 unspecified atom stereocenters.